The first-order chi connectivity index (χ1) is 13.4. The number of amides is 2. The number of benzene rings is 1. The molecule has 1 aliphatic heterocycles. The van der Waals surface area contributed by atoms with E-state index in [2.05, 4.69) is 15.2 Å². The van der Waals surface area contributed by atoms with E-state index in [4.69, 9.17) is 4.74 Å². The monoisotopic (exact) mass is 382 g/mol. The third-order valence-electron chi connectivity index (χ3n) is 4.56. The van der Waals surface area contributed by atoms with E-state index >= 15 is 0 Å². The summed E-state index contributed by atoms with van der Waals surface area (Å²) in [7, 11) is 0. The van der Waals surface area contributed by atoms with Crippen LogP contribution in [-0.4, -0.2) is 54.0 Å². The van der Waals surface area contributed by atoms with Gasteiger partial charge in [-0.15, -0.1) is 0 Å². The Morgan fingerprint density at radius 1 is 1.07 bits per heavy atom. The fourth-order valence-electron chi connectivity index (χ4n) is 3.10. The van der Waals surface area contributed by atoms with Crippen LogP contribution in [0.5, 0.6) is 5.75 Å². The Morgan fingerprint density at radius 3 is 2.36 bits per heavy atom. The van der Waals surface area contributed by atoms with E-state index < -0.39 is 0 Å². The van der Waals surface area contributed by atoms with Crippen molar-refractivity contribution in [2.24, 2.45) is 0 Å². The molecule has 28 heavy (non-hydrogen) atoms. The SMILES string of the molecule is CC(=O)N1CCN(c2cncc(C(=O)Nc3ccc(OC(C)C)cc3)c2)CC1. The van der Waals surface area contributed by atoms with Gasteiger partial charge in [0.1, 0.15) is 5.75 Å². The van der Waals surface area contributed by atoms with Gasteiger partial charge in [-0.25, -0.2) is 0 Å². The largest absolute Gasteiger partial charge is 0.491 e. The molecule has 1 fully saturated rings. The Morgan fingerprint density at radius 2 is 1.75 bits per heavy atom. The fourth-order valence-corrected chi connectivity index (χ4v) is 3.10. The number of carbonyl (C=O) groups excluding carboxylic acids is 2. The van der Waals surface area contributed by atoms with Crippen molar-refractivity contribution < 1.29 is 14.3 Å². The van der Waals surface area contributed by atoms with Crippen molar-refractivity contribution in [3.63, 3.8) is 0 Å². The summed E-state index contributed by atoms with van der Waals surface area (Å²) in [6.45, 7) is 8.33. The Labute approximate surface area is 165 Å². The van der Waals surface area contributed by atoms with Gasteiger partial charge < -0.3 is 19.9 Å². The molecule has 2 amide bonds. The van der Waals surface area contributed by atoms with Gasteiger partial charge in [0, 0.05) is 45.0 Å². The van der Waals surface area contributed by atoms with Crippen LogP contribution in [0.15, 0.2) is 42.7 Å². The van der Waals surface area contributed by atoms with Gasteiger partial charge >= 0.3 is 0 Å². The fraction of sp³-hybridized carbons (Fsp3) is 0.381. The molecular formula is C21H26N4O3. The predicted molar refractivity (Wildman–Crippen MR) is 109 cm³/mol. The zero-order chi connectivity index (χ0) is 20.1. The van der Waals surface area contributed by atoms with Crippen molar-refractivity contribution in [3.8, 4) is 5.75 Å². The Bertz CT molecular complexity index is 828. The van der Waals surface area contributed by atoms with Gasteiger partial charge in [-0.1, -0.05) is 0 Å². The van der Waals surface area contributed by atoms with E-state index in [0.29, 0.717) is 24.3 Å². The van der Waals surface area contributed by atoms with Crippen LogP contribution in [0.4, 0.5) is 11.4 Å². The van der Waals surface area contributed by atoms with Crippen molar-refractivity contribution in [1.29, 1.82) is 0 Å². The summed E-state index contributed by atoms with van der Waals surface area (Å²) >= 11 is 0. The lowest BCUT2D eigenvalue weighted by Crippen LogP contribution is -2.48. The summed E-state index contributed by atoms with van der Waals surface area (Å²) in [6.07, 6.45) is 3.41. The van der Waals surface area contributed by atoms with Gasteiger partial charge in [0.05, 0.1) is 23.6 Å². The summed E-state index contributed by atoms with van der Waals surface area (Å²) in [4.78, 5) is 32.3. The summed E-state index contributed by atoms with van der Waals surface area (Å²) in [5.41, 5.74) is 2.08. The van der Waals surface area contributed by atoms with Gasteiger partial charge in [0.25, 0.3) is 5.91 Å². The number of nitrogens with zero attached hydrogens (tertiary/aromatic N) is 3. The average Bonchev–Trinajstić information content (AvgIpc) is 2.69. The molecule has 1 aromatic carbocycles. The smallest absolute Gasteiger partial charge is 0.257 e. The number of ether oxygens (including phenoxy) is 1. The standard InChI is InChI=1S/C21H26N4O3/c1-15(2)28-20-6-4-18(5-7-20)23-21(27)17-12-19(14-22-13-17)25-10-8-24(9-11-25)16(3)26/h4-7,12-15H,8-11H2,1-3H3,(H,23,27). The van der Waals surface area contributed by atoms with Crippen LogP contribution in [0.2, 0.25) is 0 Å². The second kappa shape index (κ2) is 8.73. The Kier molecular flexibility index (Phi) is 6.13. The topological polar surface area (TPSA) is 74.8 Å². The van der Waals surface area contributed by atoms with Crippen LogP contribution in [0.1, 0.15) is 31.1 Å². The molecule has 0 spiro atoms. The minimum absolute atomic E-state index is 0.0933. The number of nitrogens with one attached hydrogen (secondary N) is 1. The Balaban J connectivity index is 1.63. The summed E-state index contributed by atoms with van der Waals surface area (Å²) in [5.74, 6) is 0.645. The van der Waals surface area contributed by atoms with E-state index in [0.717, 1.165) is 24.5 Å². The number of aromatic nitrogens is 1. The lowest BCUT2D eigenvalue weighted by Gasteiger charge is -2.35. The maximum Gasteiger partial charge on any atom is 0.257 e. The van der Waals surface area contributed by atoms with Crippen LogP contribution < -0.4 is 15.0 Å². The van der Waals surface area contributed by atoms with Crippen LogP contribution in [-0.2, 0) is 4.79 Å². The molecule has 1 aromatic heterocycles. The first-order valence-electron chi connectivity index (χ1n) is 9.46. The summed E-state index contributed by atoms with van der Waals surface area (Å²) < 4.78 is 5.61. The maximum absolute atomic E-state index is 12.6. The predicted octanol–water partition coefficient (Wildman–Crippen LogP) is 2.79. The van der Waals surface area contributed by atoms with Crippen molar-refractivity contribution >= 4 is 23.2 Å². The van der Waals surface area contributed by atoms with Gasteiger partial charge in [-0.2, -0.15) is 0 Å². The molecule has 1 aliphatic rings. The van der Waals surface area contributed by atoms with Gasteiger partial charge in [0.15, 0.2) is 0 Å². The molecule has 2 heterocycles. The van der Waals surface area contributed by atoms with E-state index in [-0.39, 0.29) is 17.9 Å². The second-order valence-electron chi connectivity index (χ2n) is 7.07. The molecule has 0 saturated carbocycles. The zero-order valence-electron chi connectivity index (χ0n) is 16.5. The minimum Gasteiger partial charge on any atom is -0.491 e. The highest BCUT2D eigenvalue weighted by Crippen LogP contribution is 2.20. The quantitative estimate of drug-likeness (QED) is 0.861. The molecule has 7 nitrogen and oxygen atoms in total. The van der Waals surface area contributed by atoms with E-state index in [1.54, 1.807) is 19.3 Å². The first-order valence-corrected chi connectivity index (χ1v) is 9.46. The second-order valence-corrected chi connectivity index (χ2v) is 7.07. The third-order valence-corrected chi connectivity index (χ3v) is 4.56. The Hall–Kier alpha value is -3.09. The van der Waals surface area contributed by atoms with E-state index in [9.17, 15) is 9.59 Å². The third kappa shape index (κ3) is 5.00. The maximum atomic E-state index is 12.6. The first kappa shape index (κ1) is 19.7. The molecule has 0 bridgehead atoms. The molecule has 0 atom stereocenters. The molecule has 2 aromatic rings. The molecule has 7 heteroatoms. The van der Waals surface area contributed by atoms with Crippen LogP contribution in [0.3, 0.4) is 0 Å². The highest BCUT2D eigenvalue weighted by molar-refractivity contribution is 6.04. The highest BCUT2D eigenvalue weighted by Gasteiger charge is 2.19. The van der Waals surface area contributed by atoms with Gasteiger partial charge in [-0.05, 0) is 44.2 Å². The molecular weight excluding hydrogens is 356 g/mol. The number of rotatable bonds is 5. The zero-order valence-corrected chi connectivity index (χ0v) is 16.5. The van der Waals surface area contributed by atoms with Crippen LogP contribution in [0.25, 0.3) is 0 Å². The summed E-state index contributed by atoms with van der Waals surface area (Å²) in [5, 5.41) is 2.88. The number of piperazine rings is 1. The molecule has 1 saturated heterocycles. The molecule has 0 aliphatic carbocycles. The van der Waals surface area contributed by atoms with Gasteiger partial charge in [-0.3, -0.25) is 14.6 Å². The van der Waals surface area contributed by atoms with Crippen molar-refractivity contribution in [1.82, 2.24) is 9.88 Å². The number of pyridine rings is 1. The van der Waals surface area contributed by atoms with Crippen LogP contribution in [0, 0.1) is 0 Å². The average molecular weight is 382 g/mol. The lowest BCUT2D eigenvalue weighted by molar-refractivity contribution is -0.129. The molecule has 0 unspecified atom stereocenters. The van der Waals surface area contributed by atoms with Crippen molar-refractivity contribution in [3.05, 3.63) is 48.3 Å². The number of hydrogen-bond acceptors (Lipinski definition) is 5. The molecule has 0 radical (unpaired) electrons. The number of carbonyl (C=O) groups is 2. The molecule has 3 rings (SSSR count). The molecule has 148 valence electrons. The molecule has 1 N–H and O–H groups in total. The minimum atomic E-state index is -0.214. The van der Waals surface area contributed by atoms with E-state index in [1.807, 2.05) is 49.1 Å². The van der Waals surface area contributed by atoms with Crippen molar-refractivity contribution in [2.45, 2.75) is 26.9 Å². The van der Waals surface area contributed by atoms with Gasteiger partial charge in [0.2, 0.25) is 5.91 Å². The number of anilines is 2. The lowest BCUT2D eigenvalue weighted by atomic mass is 10.2. The number of hydrogen-bond donors (Lipinski definition) is 1. The van der Waals surface area contributed by atoms with E-state index in [1.165, 1.54) is 0 Å². The summed E-state index contributed by atoms with van der Waals surface area (Å²) in [6, 6.07) is 9.13. The highest BCUT2D eigenvalue weighted by atomic mass is 16.5. The normalized spacial score (nSPS) is 14.1. The van der Waals surface area contributed by atoms with Crippen LogP contribution >= 0.6 is 0 Å². The van der Waals surface area contributed by atoms with Crippen molar-refractivity contribution in [2.75, 3.05) is 36.4 Å².